The number of nitrogens with zero attached hydrogens (tertiary/aromatic N) is 2. The third-order valence-electron chi connectivity index (χ3n) is 5.98. The molecule has 0 saturated heterocycles. The molecule has 0 aliphatic carbocycles. The Hall–Kier alpha value is -1.65. The SMILES string of the molecule is CCC(=Cc1oc2ccc(Cl)cc2[n+]1CCCS(=O)(=O)O)C=C1Oc2ccc(Cl)cc2N1CCCS(=O)(=O)O.[NaH].[OH-]. The van der Waals surface area contributed by atoms with Crippen molar-refractivity contribution < 1.29 is 45.1 Å². The molecule has 220 valence electrons. The molecule has 0 saturated carbocycles. The van der Waals surface area contributed by atoms with Gasteiger partial charge in [0.1, 0.15) is 0 Å². The summed E-state index contributed by atoms with van der Waals surface area (Å²) in [6.07, 6.45) is 4.45. The van der Waals surface area contributed by atoms with Crippen LogP contribution in [-0.4, -0.2) is 79.0 Å². The normalized spacial score (nSPS) is 14.5. The standard InChI is InChI=1S/C25H26Cl2N2O8S2.Na.H2O.H/c1-2-17(13-24-28(9-3-11-38(30,31)32)20-15-18(26)5-7-22(20)36-24)14-25-29(10-4-12-39(33,34)35)21-16-19(27)6-8-23(21)37-25;;;/h5-8,13-16H,2-4,9-12H2,1H3,(H-,30,31,32,33,34,35);;1H2;. The maximum Gasteiger partial charge on any atom is -0.870 e. The van der Waals surface area contributed by atoms with Crippen LogP contribution in [0.2, 0.25) is 10.0 Å². The number of oxazole rings is 1. The fourth-order valence-electron chi connectivity index (χ4n) is 4.20. The summed E-state index contributed by atoms with van der Waals surface area (Å²) in [6, 6.07) is 10.2. The van der Waals surface area contributed by atoms with E-state index in [-0.39, 0.29) is 61.0 Å². The van der Waals surface area contributed by atoms with E-state index in [2.05, 4.69) is 0 Å². The number of benzene rings is 2. The maximum atomic E-state index is 11.3. The minimum absolute atomic E-state index is 0. The van der Waals surface area contributed by atoms with E-state index in [4.69, 9.17) is 41.5 Å². The first-order valence-electron chi connectivity index (χ1n) is 12.0. The van der Waals surface area contributed by atoms with Crippen LogP contribution in [0.25, 0.3) is 17.2 Å². The summed E-state index contributed by atoms with van der Waals surface area (Å²) in [7, 11) is -8.25. The first-order valence-corrected chi connectivity index (χ1v) is 16.0. The Morgan fingerprint density at radius 3 is 2.29 bits per heavy atom. The summed E-state index contributed by atoms with van der Waals surface area (Å²) in [5, 5.41) is 0.966. The zero-order valence-corrected chi connectivity index (χ0v) is 24.5. The van der Waals surface area contributed by atoms with Crippen LogP contribution in [0.15, 0.2) is 58.3 Å². The monoisotopic (exact) mass is 658 g/mol. The summed E-state index contributed by atoms with van der Waals surface area (Å²) in [4.78, 5) is 1.79. The molecule has 0 fully saturated rings. The van der Waals surface area contributed by atoms with E-state index < -0.39 is 31.7 Å². The van der Waals surface area contributed by atoms with E-state index in [1.165, 1.54) is 0 Å². The first kappa shape index (κ1) is 35.5. The first-order chi connectivity index (χ1) is 18.3. The quantitative estimate of drug-likeness (QED) is 0.172. The van der Waals surface area contributed by atoms with Crippen LogP contribution >= 0.6 is 23.2 Å². The van der Waals surface area contributed by atoms with Gasteiger partial charge in [-0.25, -0.2) is 0 Å². The van der Waals surface area contributed by atoms with Crippen LogP contribution in [0.3, 0.4) is 0 Å². The number of aryl methyl sites for hydroxylation is 1. The topological polar surface area (TPSA) is 168 Å². The molecule has 4 rings (SSSR count). The van der Waals surface area contributed by atoms with Crippen molar-refractivity contribution in [1.29, 1.82) is 0 Å². The van der Waals surface area contributed by atoms with Crippen molar-refractivity contribution in [2.45, 2.75) is 32.7 Å². The molecule has 11 nitrogen and oxygen atoms in total. The second-order valence-corrected chi connectivity index (χ2v) is 12.9. The number of halogens is 2. The van der Waals surface area contributed by atoms with E-state index in [9.17, 15) is 16.8 Å². The van der Waals surface area contributed by atoms with Gasteiger partial charge in [0.15, 0.2) is 12.3 Å². The van der Waals surface area contributed by atoms with Crippen molar-refractivity contribution in [3.8, 4) is 5.75 Å². The van der Waals surface area contributed by atoms with Gasteiger partial charge in [-0.15, -0.1) is 0 Å². The van der Waals surface area contributed by atoms with Crippen molar-refractivity contribution >= 4 is 95.9 Å². The Labute approximate surface area is 270 Å². The Kier molecular flexibility index (Phi) is 12.7. The van der Waals surface area contributed by atoms with Crippen molar-refractivity contribution in [2.75, 3.05) is 23.0 Å². The van der Waals surface area contributed by atoms with Gasteiger partial charge in [-0.3, -0.25) is 9.11 Å². The molecule has 1 aromatic heterocycles. The average molecular weight is 660 g/mol. The minimum atomic E-state index is -4.13. The van der Waals surface area contributed by atoms with Gasteiger partial charge in [0.25, 0.3) is 25.8 Å². The van der Waals surface area contributed by atoms with Crippen molar-refractivity contribution in [3.63, 3.8) is 0 Å². The Balaban J connectivity index is 0.00000294. The van der Waals surface area contributed by atoms with Gasteiger partial charge >= 0.3 is 35.4 Å². The predicted molar refractivity (Wildman–Crippen MR) is 158 cm³/mol. The predicted octanol–water partition coefficient (Wildman–Crippen LogP) is 4.29. The van der Waals surface area contributed by atoms with Crippen molar-refractivity contribution in [3.05, 3.63) is 69.9 Å². The summed E-state index contributed by atoms with van der Waals surface area (Å²) in [5.74, 6) is 0.606. The average Bonchev–Trinajstić information content (AvgIpc) is 3.34. The molecule has 1 aliphatic heterocycles. The molecular formula is C25H29Cl2N2NaO9S2. The van der Waals surface area contributed by atoms with Gasteiger partial charge in [0.05, 0.1) is 23.3 Å². The molecule has 0 spiro atoms. The number of fused-ring (bicyclic) bond motifs is 2. The molecule has 0 atom stereocenters. The Morgan fingerprint density at radius 2 is 1.63 bits per heavy atom. The number of rotatable bonds is 11. The largest absolute Gasteiger partial charge is 0.870 e. The van der Waals surface area contributed by atoms with E-state index in [1.807, 2.05) is 6.92 Å². The number of aromatic nitrogens is 1. The summed E-state index contributed by atoms with van der Waals surface area (Å²) >= 11 is 12.4. The second-order valence-electron chi connectivity index (χ2n) is 8.90. The van der Waals surface area contributed by atoms with E-state index in [1.54, 1.807) is 58.0 Å². The van der Waals surface area contributed by atoms with Gasteiger partial charge in [-0.2, -0.15) is 21.4 Å². The third kappa shape index (κ3) is 9.68. The molecular weight excluding hydrogens is 630 g/mol. The van der Waals surface area contributed by atoms with E-state index >= 15 is 0 Å². The van der Waals surface area contributed by atoms with E-state index in [0.29, 0.717) is 50.8 Å². The Bertz CT molecular complexity index is 1670. The fourth-order valence-corrected chi connectivity index (χ4v) is 5.52. The van der Waals surface area contributed by atoms with Gasteiger partial charge in [0.2, 0.25) is 11.5 Å². The van der Waals surface area contributed by atoms with Crippen LogP contribution in [0, 0.1) is 0 Å². The molecule has 1 aliphatic rings. The number of hydrogen-bond donors (Lipinski definition) is 2. The molecule has 3 aromatic rings. The summed E-state index contributed by atoms with van der Waals surface area (Å²) < 4.78 is 77.3. The Morgan fingerprint density at radius 1 is 1.00 bits per heavy atom. The number of ether oxygens (including phenoxy) is 1. The maximum absolute atomic E-state index is 11.3. The molecule has 0 unspecified atom stereocenters. The van der Waals surface area contributed by atoms with Gasteiger partial charge in [0, 0.05) is 35.2 Å². The number of hydrogen-bond acceptors (Lipinski definition) is 8. The minimum Gasteiger partial charge on any atom is -0.870 e. The van der Waals surface area contributed by atoms with Crippen molar-refractivity contribution in [1.82, 2.24) is 0 Å². The molecule has 3 N–H and O–H groups in total. The van der Waals surface area contributed by atoms with Gasteiger partial charge in [-0.05, 0) is 48.7 Å². The molecule has 2 heterocycles. The van der Waals surface area contributed by atoms with Crippen LogP contribution in [0.4, 0.5) is 5.69 Å². The smallest absolute Gasteiger partial charge is 0.870 e. The van der Waals surface area contributed by atoms with Crippen LogP contribution < -0.4 is 14.2 Å². The second kappa shape index (κ2) is 14.7. The molecule has 16 heteroatoms. The van der Waals surface area contributed by atoms with Gasteiger partial charge < -0.3 is 19.5 Å². The molecule has 0 amide bonds. The van der Waals surface area contributed by atoms with Crippen LogP contribution in [-0.2, 0) is 26.8 Å². The molecule has 0 radical (unpaired) electrons. The fraction of sp³-hybridized carbons (Fsp3) is 0.320. The van der Waals surface area contributed by atoms with Crippen molar-refractivity contribution in [2.24, 2.45) is 0 Å². The molecule has 41 heavy (non-hydrogen) atoms. The van der Waals surface area contributed by atoms with E-state index in [0.717, 1.165) is 5.57 Å². The number of anilines is 1. The molecule has 2 aromatic carbocycles. The van der Waals surface area contributed by atoms with Crippen LogP contribution in [0.1, 0.15) is 32.1 Å². The van der Waals surface area contributed by atoms with Crippen LogP contribution in [0.5, 0.6) is 5.75 Å². The van der Waals surface area contributed by atoms with Gasteiger partial charge in [-0.1, -0.05) is 30.1 Å². The molecule has 0 bridgehead atoms. The zero-order chi connectivity index (χ0) is 28.4. The summed E-state index contributed by atoms with van der Waals surface area (Å²) in [6.45, 7) is 2.43. The third-order valence-corrected chi connectivity index (χ3v) is 8.06. The zero-order valence-electron chi connectivity index (χ0n) is 21.3. The number of allylic oxidation sites excluding steroid dienone is 2. The summed E-state index contributed by atoms with van der Waals surface area (Å²) in [5.41, 5.74) is 2.67.